The van der Waals surface area contributed by atoms with Crippen LogP contribution in [0.5, 0.6) is 5.75 Å². The summed E-state index contributed by atoms with van der Waals surface area (Å²) in [5.74, 6) is 0.741. The van der Waals surface area contributed by atoms with Crippen molar-refractivity contribution in [2.75, 3.05) is 7.11 Å². The molecule has 0 radical (unpaired) electrons. The third kappa shape index (κ3) is 4.55. The molecule has 11 heteroatoms. The number of methoxy groups -OCH3 is 1. The molecule has 3 aromatic carbocycles. The fraction of sp³-hybridized carbons (Fsp3) is 0.0400. The second-order valence-corrected chi connectivity index (χ2v) is 8.40. The van der Waals surface area contributed by atoms with E-state index in [1.54, 1.807) is 7.11 Å². The van der Waals surface area contributed by atoms with Gasteiger partial charge in [-0.2, -0.15) is 9.80 Å². The summed E-state index contributed by atoms with van der Waals surface area (Å²) in [5.41, 5.74) is 2.83. The van der Waals surface area contributed by atoms with Gasteiger partial charge in [-0.1, -0.05) is 30.3 Å². The number of rotatable bonds is 7. The van der Waals surface area contributed by atoms with Gasteiger partial charge in [0.05, 0.1) is 29.1 Å². The van der Waals surface area contributed by atoms with Crippen LogP contribution < -0.4 is 10.3 Å². The first-order valence-corrected chi connectivity index (χ1v) is 11.6. The first kappa shape index (κ1) is 22.9. The third-order valence-electron chi connectivity index (χ3n) is 5.32. The van der Waals surface area contributed by atoms with Gasteiger partial charge in [-0.05, 0) is 36.4 Å². The number of aromatic amines is 1. The number of hydrogen-bond donors (Lipinski definition) is 1. The van der Waals surface area contributed by atoms with E-state index in [1.165, 1.54) is 40.3 Å². The van der Waals surface area contributed by atoms with Crippen LogP contribution in [0.4, 0.5) is 17.1 Å². The van der Waals surface area contributed by atoms with E-state index in [0.29, 0.717) is 16.5 Å². The minimum absolute atomic E-state index is 0.0561. The van der Waals surface area contributed by atoms with E-state index in [2.05, 4.69) is 20.3 Å². The van der Waals surface area contributed by atoms with E-state index in [4.69, 9.17) is 4.74 Å². The zero-order valence-corrected chi connectivity index (χ0v) is 19.7. The molecule has 2 aromatic heterocycles. The van der Waals surface area contributed by atoms with Crippen molar-refractivity contribution in [1.82, 2.24) is 14.8 Å². The molecule has 36 heavy (non-hydrogen) atoms. The zero-order chi connectivity index (χ0) is 25.1. The molecule has 0 atom stereocenters. The standard InChI is InChI=1S/C25H18N6O4S/c1-35-20-13-7-16(8-14-20)21-15-36-25(26-21)30-24(32)23(22(29-30)17-5-3-2-4-6-17)28-27-18-9-11-19(12-10-18)31(33)34/h2-15,29H,1H3. The molecular weight excluding hydrogens is 480 g/mol. The molecule has 5 rings (SSSR count). The molecule has 0 fully saturated rings. The van der Waals surface area contributed by atoms with Gasteiger partial charge in [-0.3, -0.25) is 20.0 Å². The van der Waals surface area contributed by atoms with Gasteiger partial charge in [-0.15, -0.1) is 16.5 Å². The lowest BCUT2D eigenvalue weighted by molar-refractivity contribution is -0.384. The Bertz CT molecular complexity index is 1600. The molecule has 0 spiro atoms. The second kappa shape index (κ2) is 9.76. The molecule has 0 aliphatic rings. The van der Waals surface area contributed by atoms with Crippen molar-refractivity contribution in [1.29, 1.82) is 0 Å². The molecule has 0 aliphatic carbocycles. The van der Waals surface area contributed by atoms with E-state index in [0.717, 1.165) is 22.6 Å². The summed E-state index contributed by atoms with van der Waals surface area (Å²) >= 11 is 1.31. The van der Waals surface area contributed by atoms with E-state index in [1.807, 2.05) is 60.0 Å². The van der Waals surface area contributed by atoms with Gasteiger partial charge in [-0.25, -0.2) is 4.98 Å². The Morgan fingerprint density at radius 3 is 2.36 bits per heavy atom. The van der Waals surface area contributed by atoms with Crippen molar-refractivity contribution >= 4 is 28.4 Å². The van der Waals surface area contributed by atoms with Crippen LogP contribution in [0.1, 0.15) is 0 Å². The van der Waals surface area contributed by atoms with Crippen LogP contribution in [-0.2, 0) is 0 Å². The molecule has 5 aromatic rings. The number of nitro groups is 1. The first-order valence-electron chi connectivity index (χ1n) is 10.7. The molecule has 0 aliphatic heterocycles. The van der Waals surface area contributed by atoms with Crippen molar-refractivity contribution in [3.63, 3.8) is 0 Å². The summed E-state index contributed by atoms with van der Waals surface area (Å²) < 4.78 is 6.54. The van der Waals surface area contributed by atoms with Gasteiger partial charge in [0.25, 0.3) is 5.69 Å². The lowest BCUT2D eigenvalue weighted by atomic mass is 10.1. The Balaban J connectivity index is 1.54. The SMILES string of the molecule is COc1ccc(-c2csc(-n3[nH]c(-c4ccccc4)c(N=Nc4ccc([N+](=O)[O-])cc4)c3=O)n2)cc1. The summed E-state index contributed by atoms with van der Waals surface area (Å²) in [5, 5.41) is 24.7. The Kier molecular flexibility index (Phi) is 6.20. The number of benzene rings is 3. The van der Waals surface area contributed by atoms with Gasteiger partial charge >= 0.3 is 5.56 Å². The van der Waals surface area contributed by atoms with Crippen LogP contribution in [0, 0.1) is 10.1 Å². The first-order chi connectivity index (χ1) is 17.5. The van der Waals surface area contributed by atoms with Crippen LogP contribution in [0.3, 0.4) is 0 Å². The largest absolute Gasteiger partial charge is 0.497 e. The number of azo groups is 1. The van der Waals surface area contributed by atoms with Crippen LogP contribution in [0.15, 0.2) is 99.3 Å². The van der Waals surface area contributed by atoms with E-state index >= 15 is 0 Å². The number of non-ortho nitro benzene ring substituents is 1. The summed E-state index contributed by atoms with van der Waals surface area (Å²) in [7, 11) is 1.61. The number of nitrogens with zero attached hydrogens (tertiary/aromatic N) is 5. The van der Waals surface area contributed by atoms with Crippen LogP contribution in [-0.4, -0.2) is 26.8 Å². The molecule has 0 amide bonds. The molecular formula is C25H18N6O4S. The highest BCUT2D eigenvalue weighted by Gasteiger charge is 2.19. The molecule has 0 bridgehead atoms. The topological polar surface area (TPSA) is 128 Å². The van der Waals surface area contributed by atoms with Crippen LogP contribution in [0.25, 0.3) is 27.6 Å². The molecule has 1 N–H and O–H groups in total. The molecule has 0 saturated carbocycles. The van der Waals surface area contributed by atoms with Crippen molar-refractivity contribution < 1.29 is 9.66 Å². The lowest BCUT2D eigenvalue weighted by Crippen LogP contribution is -2.13. The van der Waals surface area contributed by atoms with Crippen molar-refractivity contribution in [2.24, 2.45) is 10.2 Å². The summed E-state index contributed by atoms with van der Waals surface area (Å²) in [6, 6.07) is 22.4. The number of H-pyrrole nitrogens is 1. The Labute approximate surface area is 208 Å². The second-order valence-electron chi connectivity index (χ2n) is 7.56. The number of nitrogens with one attached hydrogen (secondary N) is 1. The Morgan fingerprint density at radius 1 is 0.972 bits per heavy atom. The molecule has 2 heterocycles. The predicted molar refractivity (Wildman–Crippen MR) is 137 cm³/mol. The highest BCUT2D eigenvalue weighted by molar-refractivity contribution is 7.12. The Hall–Kier alpha value is -4.90. The smallest absolute Gasteiger partial charge is 0.301 e. The number of nitro benzene ring substituents is 1. The van der Waals surface area contributed by atoms with Gasteiger partial charge in [0.15, 0.2) is 5.69 Å². The van der Waals surface area contributed by atoms with Gasteiger partial charge in [0, 0.05) is 28.6 Å². The quantitative estimate of drug-likeness (QED) is 0.160. The number of thiazole rings is 1. The van der Waals surface area contributed by atoms with E-state index in [9.17, 15) is 14.9 Å². The van der Waals surface area contributed by atoms with Gasteiger partial charge < -0.3 is 4.74 Å². The van der Waals surface area contributed by atoms with Crippen molar-refractivity contribution in [2.45, 2.75) is 0 Å². The average Bonchev–Trinajstić information content (AvgIpc) is 3.53. The molecule has 178 valence electrons. The van der Waals surface area contributed by atoms with Gasteiger partial charge in [0.2, 0.25) is 5.13 Å². The summed E-state index contributed by atoms with van der Waals surface area (Å²) in [6.45, 7) is 0. The summed E-state index contributed by atoms with van der Waals surface area (Å²) in [6.07, 6.45) is 0. The predicted octanol–water partition coefficient (Wildman–Crippen LogP) is 6.29. The Morgan fingerprint density at radius 2 is 1.69 bits per heavy atom. The number of hydrogen-bond acceptors (Lipinski definition) is 8. The fourth-order valence-corrected chi connectivity index (χ4v) is 4.26. The minimum atomic E-state index is -0.493. The van der Waals surface area contributed by atoms with Crippen molar-refractivity contribution in [3.8, 4) is 33.4 Å². The number of aromatic nitrogens is 3. The molecule has 0 saturated heterocycles. The maximum atomic E-state index is 13.4. The van der Waals surface area contributed by atoms with E-state index < -0.39 is 10.5 Å². The molecule has 10 nitrogen and oxygen atoms in total. The van der Waals surface area contributed by atoms with Gasteiger partial charge in [0.1, 0.15) is 5.75 Å². The normalized spacial score (nSPS) is 11.1. The van der Waals surface area contributed by atoms with E-state index in [-0.39, 0.29) is 11.4 Å². The van der Waals surface area contributed by atoms with Crippen molar-refractivity contribution in [3.05, 3.63) is 105 Å². The third-order valence-corrected chi connectivity index (χ3v) is 6.15. The lowest BCUT2D eigenvalue weighted by Gasteiger charge is -2.00. The zero-order valence-electron chi connectivity index (χ0n) is 18.9. The fourth-order valence-electron chi connectivity index (χ4n) is 3.47. The summed E-state index contributed by atoms with van der Waals surface area (Å²) in [4.78, 5) is 28.4. The average molecular weight is 499 g/mol. The maximum absolute atomic E-state index is 13.4. The van der Waals surface area contributed by atoms with Crippen LogP contribution in [0.2, 0.25) is 0 Å². The number of ether oxygens (including phenoxy) is 1. The highest BCUT2D eigenvalue weighted by atomic mass is 32.1. The highest BCUT2D eigenvalue weighted by Crippen LogP contribution is 2.30. The minimum Gasteiger partial charge on any atom is -0.497 e. The maximum Gasteiger partial charge on any atom is 0.301 e. The van der Waals surface area contributed by atoms with Crippen LogP contribution >= 0.6 is 11.3 Å². The monoisotopic (exact) mass is 498 g/mol. The molecule has 0 unspecified atom stereocenters.